The molecule has 1 atom stereocenters. The quantitative estimate of drug-likeness (QED) is 0.637. The molecule has 3 rings (SSSR count). The van der Waals surface area contributed by atoms with E-state index in [1.54, 1.807) is 0 Å². The summed E-state index contributed by atoms with van der Waals surface area (Å²) in [6.45, 7) is 4.28. The smallest absolute Gasteiger partial charge is 0.253 e. The Morgan fingerprint density at radius 1 is 1.11 bits per heavy atom. The van der Waals surface area contributed by atoms with E-state index < -0.39 is 0 Å². The highest BCUT2D eigenvalue weighted by Crippen LogP contribution is 2.27. The largest absolute Gasteiger partial charge is 0.494 e. The summed E-state index contributed by atoms with van der Waals surface area (Å²) in [5, 5.41) is 0. The van der Waals surface area contributed by atoms with Gasteiger partial charge in [0.1, 0.15) is 11.6 Å². The lowest BCUT2D eigenvalue weighted by atomic mass is 9.94. The van der Waals surface area contributed by atoms with Crippen LogP contribution in [-0.4, -0.2) is 30.5 Å². The van der Waals surface area contributed by atoms with Gasteiger partial charge >= 0.3 is 0 Å². The Bertz CT molecular complexity index is 727. The fourth-order valence-corrected chi connectivity index (χ4v) is 3.54. The Labute approximate surface area is 161 Å². The second-order valence-corrected chi connectivity index (χ2v) is 7.22. The number of rotatable bonds is 6. The van der Waals surface area contributed by atoms with E-state index >= 15 is 0 Å². The number of halogens is 1. The van der Waals surface area contributed by atoms with Crippen molar-refractivity contribution in [3.8, 4) is 5.75 Å². The van der Waals surface area contributed by atoms with Crippen molar-refractivity contribution in [3.05, 3.63) is 65.5 Å². The van der Waals surface area contributed by atoms with E-state index in [0.29, 0.717) is 18.7 Å². The van der Waals surface area contributed by atoms with Gasteiger partial charge in [-0.1, -0.05) is 31.9 Å². The molecule has 0 aliphatic carbocycles. The van der Waals surface area contributed by atoms with Gasteiger partial charge in [-0.3, -0.25) is 4.79 Å². The summed E-state index contributed by atoms with van der Waals surface area (Å²) in [6, 6.07) is 14.1. The summed E-state index contributed by atoms with van der Waals surface area (Å²) in [4.78, 5) is 14.9. The number of unbranched alkanes of at least 4 members (excludes halogenated alkanes) is 1. The number of amides is 1. The minimum atomic E-state index is -0.221. The maximum Gasteiger partial charge on any atom is 0.253 e. The van der Waals surface area contributed by atoms with Crippen LogP contribution in [0.3, 0.4) is 0 Å². The van der Waals surface area contributed by atoms with E-state index in [2.05, 4.69) is 6.92 Å². The highest BCUT2D eigenvalue weighted by atomic mass is 19.1. The molecule has 2 aromatic rings. The molecule has 1 amide bonds. The van der Waals surface area contributed by atoms with E-state index in [0.717, 1.165) is 50.0 Å². The molecule has 1 saturated heterocycles. The highest BCUT2D eigenvalue weighted by Gasteiger charge is 2.24. The Morgan fingerprint density at radius 3 is 2.56 bits per heavy atom. The molecule has 144 valence electrons. The SMILES string of the molecule is CCCCOc1ccc(C(=O)N2CCCCC(c3ccc(F)cc3)C2)cc1. The molecule has 1 aliphatic rings. The van der Waals surface area contributed by atoms with Crippen LogP contribution in [0.25, 0.3) is 0 Å². The van der Waals surface area contributed by atoms with Gasteiger partial charge in [-0.2, -0.15) is 0 Å². The second-order valence-electron chi connectivity index (χ2n) is 7.22. The first kappa shape index (κ1) is 19.4. The number of benzene rings is 2. The highest BCUT2D eigenvalue weighted by molar-refractivity contribution is 5.94. The van der Waals surface area contributed by atoms with Crippen molar-refractivity contribution in [1.29, 1.82) is 0 Å². The van der Waals surface area contributed by atoms with Crippen molar-refractivity contribution >= 4 is 5.91 Å². The molecule has 27 heavy (non-hydrogen) atoms. The van der Waals surface area contributed by atoms with Crippen molar-refractivity contribution < 1.29 is 13.9 Å². The van der Waals surface area contributed by atoms with Gasteiger partial charge in [-0.05, 0) is 61.2 Å². The normalized spacial score (nSPS) is 17.4. The van der Waals surface area contributed by atoms with Crippen LogP contribution in [0.2, 0.25) is 0 Å². The van der Waals surface area contributed by atoms with Gasteiger partial charge in [0.2, 0.25) is 0 Å². The molecule has 0 saturated carbocycles. The predicted octanol–water partition coefficient (Wildman–Crippen LogP) is 5.41. The third-order valence-electron chi connectivity index (χ3n) is 5.17. The molecule has 0 spiro atoms. The van der Waals surface area contributed by atoms with Gasteiger partial charge in [0.15, 0.2) is 0 Å². The lowest BCUT2D eigenvalue weighted by Crippen LogP contribution is -2.34. The molecule has 0 radical (unpaired) electrons. The Balaban J connectivity index is 1.66. The minimum Gasteiger partial charge on any atom is -0.494 e. The van der Waals surface area contributed by atoms with E-state index in [4.69, 9.17) is 4.74 Å². The molecule has 1 fully saturated rings. The zero-order valence-corrected chi connectivity index (χ0v) is 16.0. The molecule has 0 aromatic heterocycles. The maximum atomic E-state index is 13.2. The molecule has 0 N–H and O–H groups in total. The van der Waals surface area contributed by atoms with E-state index in [9.17, 15) is 9.18 Å². The fourth-order valence-electron chi connectivity index (χ4n) is 3.54. The lowest BCUT2D eigenvalue weighted by molar-refractivity contribution is 0.0754. The molecular weight excluding hydrogens is 341 g/mol. The summed E-state index contributed by atoms with van der Waals surface area (Å²) >= 11 is 0. The number of carbonyl (C=O) groups is 1. The summed E-state index contributed by atoms with van der Waals surface area (Å²) in [5.41, 5.74) is 1.80. The van der Waals surface area contributed by atoms with Crippen molar-refractivity contribution in [3.63, 3.8) is 0 Å². The first-order valence-corrected chi connectivity index (χ1v) is 9.95. The zero-order valence-electron chi connectivity index (χ0n) is 16.0. The minimum absolute atomic E-state index is 0.0594. The number of ether oxygens (including phenoxy) is 1. The first-order chi connectivity index (χ1) is 13.2. The molecule has 4 heteroatoms. The lowest BCUT2D eigenvalue weighted by Gasteiger charge is -2.25. The van der Waals surface area contributed by atoms with Gasteiger partial charge in [-0.15, -0.1) is 0 Å². The molecule has 0 bridgehead atoms. The average Bonchev–Trinajstić information content (AvgIpc) is 2.95. The predicted molar refractivity (Wildman–Crippen MR) is 106 cm³/mol. The summed E-state index contributed by atoms with van der Waals surface area (Å²) in [5.74, 6) is 0.902. The van der Waals surface area contributed by atoms with Crippen LogP contribution in [0.5, 0.6) is 5.75 Å². The number of hydrogen-bond donors (Lipinski definition) is 0. The third-order valence-corrected chi connectivity index (χ3v) is 5.17. The molecule has 1 unspecified atom stereocenters. The van der Waals surface area contributed by atoms with Crippen LogP contribution >= 0.6 is 0 Å². The third kappa shape index (κ3) is 5.31. The second kappa shape index (κ2) is 9.54. The van der Waals surface area contributed by atoms with Gasteiger partial charge in [0.25, 0.3) is 5.91 Å². The summed E-state index contributed by atoms with van der Waals surface area (Å²) < 4.78 is 18.9. The van der Waals surface area contributed by atoms with E-state index in [1.807, 2.05) is 41.3 Å². The number of carbonyl (C=O) groups excluding carboxylic acids is 1. The van der Waals surface area contributed by atoms with Gasteiger partial charge < -0.3 is 9.64 Å². The van der Waals surface area contributed by atoms with Gasteiger partial charge in [0.05, 0.1) is 6.61 Å². The van der Waals surface area contributed by atoms with Crippen molar-refractivity contribution in [2.24, 2.45) is 0 Å². The van der Waals surface area contributed by atoms with Crippen LogP contribution in [0, 0.1) is 5.82 Å². The van der Waals surface area contributed by atoms with E-state index in [1.165, 1.54) is 12.1 Å². The zero-order chi connectivity index (χ0) is 19.1. The molecule has 2 aromatic carbocycles. The van der Waals surface area contributed by atoms with Crippen LogP contribution in [0.4, 0.5) is 4.39 Å². The molecule has 3 nitrogen and oxygen atoms in total. The van der Waals surface area contributed by atoms with Crippen LogP contribution in [0.1, 0.15) is 60.9 Å². The van der Waals surface area contributed by atoms with E-state index in [-0.39, 0.29) is 17.6 Å². The molecule has 1 aliphatic heterocycles. The topological polar surface area (TPSA) is 29.5 Å². The summed E-state index contributed by atoms with van der Waals surface area (Å²) in [6.07, 6.45) is 5.23. The number of likely N-dealkylation sites (tertiary alicyclic amines) is 1. The van der Waals surface area contributed by atoms with Gasteiger partial charge in [0, 0.05) is 24.6 Å². The fraction of sp³-hybridized carbons (Fsp3) is 0.435. The summed E-state index contributed by atoms with van der Waals surface area (Å²) in [7, 11) is 0. The van der Waals surface area contributed by atoms with Gasteiger partial charge in [-0.25, -0.2) is 4.39 Å². The van der Waals surface area contributed by atoms with Crippen molar-refractivity contribution in [2.45, 2.75) is 44.9 Å². The van der Waals surface area contributed by atoms with Crippen LogP contribution in [-0.2, 0) is 0 Å². The van der Waals surface area contributed by atoms with Crippen molar-refractivity contribution in [2.75, 3.05) is 19.7 Å². The monoisotopic (exact) mass is 369 g/mol. The average molecular weight is 369 g/mol. The first-order valence-electron chi connectivity index (χ1n) is 9.95. The van der Waals surface area contributed by atoms with Crippen LogP contribution < -0.4 is 4.74 Å². The Morgan fingerprint density at radius 2 is 1.85 bits per heavy atom. The number of nitrogens with zero attached hydrogens (tertiary/aromatic N) is 1. The Hall–Kier alpha value is -2.36. The number of hydrogen-bond acceptors (Lipinski definition) is 2. The van der Waals surface area contributed by atoms with Crippen LogP contribution in [0.15, 0.2) is 48.5 Å². The van der Waals surface area contributed by atoms with Crippen molar-refractivity contribution in [1.82, 2.24) is 4.90 Å². The standard InChI is InChI=1S/C23H28FNO2/c1-2-3-16-27-22-13-9-19(10-14-22)23(26)25-15-5-4-6-20(17-25)18-7-11-21(24)12-8-18/h7-14,20H,2-6,15-17H2,1H3. The molecule has 1 heterocycles. The Kier molecular flexibility index (Phi) is 6.86. The maximum absolute atomic E-state index is 13.2. The molecular formula is C23H28FNO2.